The second-order valence-corrected chi connectivity index (χ2v) is 7.76. The monoisotopic (exact) mass is 360 g/mol. The van der Waals surface area contributed by atoms with Crippen LogP contribution in [0.2, 0.25) is 0 Å². The molecular weight excluding hydrogens is 332 g/mol. The molecule has 0 radical (unpaired) electrons. The molecule has 0 N–H and O–H groups in total. The Bertz CT molecular complexity index is 702. The lowest BCUT2D eigenvalue weighted by molar-refractivity contribution is 0.00811. The average Bonchev–Trinajstić information content (AvgIpc) is 3.00. The maximum absolute atomic E-state index is 12.4. The van der Waals surface area contributed by atoms with Crippen LogP contribution in [0.3, 0.4) is 0 Å². The topological polar surface area (TPSA) is 64.8 Å². The second-order valence-electron chi connectivity index (χ2n) is 7.76. The summed E-state index contributed by atoms with van der Waals surface area (Å²) >= 11 is 0. The number of likely N-dealkylation sites (tertiary alicyclic amines) is 1. The fourth-order valence-electron chi connectivity index (χ4n) is 3.25. The molecule has 0 aliphatic carbocycles. The molecule has 3 rings (SSSR count). The molecule has 1 aliphatic heterocycles. The van der Waals surface area contributed by atoms with Crippen LogP contribution in [0, 0.1) is 0 Å². The smallest absolute Gasteiger partial charge is 0.410 e. The van der Waals surface area contributed by atoms with E-state index < -0.39 is 5.60 Å². The van der Waals surface area contributed by atoms with Crippen molar-refractivity contribution in [2.45, 2.75) is 64.5 Å². The lowest BCUT2D eigenvalue weighted by atomic mass is 9.98. The molecule has 0 saturated carbocycles. The second kappa shape index (κ2) is 7.98. The van der Waals surface area contributed by atoms with E-state index in [-0.39, 0.29) is 12.1 Å². The predicted octanol–water partition coefficient (Wildman–Crippen LogP) is 4.78. The number of fused-ring (bicyclic) bond motifs is 1. The zero-order valence-electron chi connectivity index (χ0n) is 15.9. The lowest BCUT2D eigenvalue weighted by Gasteiger charge is -2.36. The average molecular weight is 360 g/mol. The van der Waals surface area contributed by atoms with E-state index in [1.807, 2.05) is 49.9 Å². The van der Waals surface area contributed by atoms with E-state index in [0.717, 1.165) is 49.7 Å². The summed E-state index contributed by atoms with van der Waals surface area (Å²) in [5.74, 6) is 0. The zero-order valence-corrected chi connectivity index (χ0v) is 15.9. The molecule has 0 unspecified atom stereocenters. The minimum absolute atomic E-state index is 0.206. The van der Waals surface area contributed by atoms with Crippen molar-refractivity contribution in [1.82, 2.24) is 9.88 Å². The highest BCUT2D eigenvalue weighted by molar-refractivity contribution is 5.72. The van der Waals surface area contributed by atoms with E-state index in [1.165, 1.54) is 0 Å². The third kappa shape index (κ3) is 4.90. The normalized spacial score (nSPS) is 18.1. The molecule has 0 spiro atoms. The van der Waals surface area contributed by atoms with Gasteiger partial charge < -0.3 is 18.8 Å². The third-order valence-electron chi connectivity index (χ3n) is 4.44. The van der Waals surface area contributed by atoms with Gasteiger partial charge in [0.1, 0.15) is 11.1 Å². The Morgan fingerprint density at radius 2 is 2.12 bits per heavy atom. The van der Waals surface area contributed by atoms with Gasteiger partial charge in [0.2, 0.25) is 0 Å². The number of piperidine rings is 1. The molecule has 1 fully saturated rings. The van der Waals surface area contributed by atoms with Crippen molar-refractivity contribution in [1.29, 1.82) is 0 Å². The minimum atomic E-state index is -0.463. The molecule has 6 nitrogen and oxygen atoms in total. The number of aromatic nitrogens is 1. The number of ether oxygens (including phenoxy) is 2. The summed E-state index contributed by atoms with van der Waals surface area (Å²) in [4.78, 5) is 18.6. The predicted molar refractivity (Wildman–Crippen MR) is 99.3 cm³/mol. The van der Waals surface area contributed by atoms with Gasteiger partial charge >= 0.3 is 12.2 Å². The fourth-order valence-corrected chi connectivity index (χ4v) is 3.25. The van der Waals surface area contributed by atoms with Crippen LogP contribution in [0.4, 0.5) is 4.79 Å². The molecule has 2 aromatic rings. The molecule has 1 saturated heterocycles. The quantitative estimate of drug-likeness (QED) is 0.718. The van der Waals surface area contributed by atoms with Crippen molar-refractivity contribution < 1.29 is 18.7 Å². The molecule has 6 heteroatoms. The Kier molecular flexibility index (Phi) is 5.69. The van der Waals surface area contributed by atoms with Crippen molar-refractivity contribution in [3.63, 3.8) is 0 Å². The Labute approximate surface area is 154 Å². The maximum Gasteiger partial charge on any atom is 0.410 e. The van der Waals surface area contributed by atoms with Gasteiger partial charge in [-0.1, -0.05) is 12.1 Å². The molecule has 1 aromatic carbocycles. The van der Waals surface area contributed by atoms with Crippen molar-refractivity contribution in [3.05, 3.63) is 24.3 Å². The third-order valence-corrected chi connectivity index (χ3v) is 4.44. The van der Waals surface area contributed by atoms with E-state index in [9.17, 15) is 4.79 Å². The van der Waals surface area contributed by atoms with E-state index in [1.54, 1.807) is 0 Å². The van der Waals surface area contributed by atoms with Crippen LogP contribution in [-0.2, 0) is 4.74 Å². The summed E-state index contributed by atoms with van der Waals surface area (Å²) in [6.45, 7) is 6.99. The summed E-state index contributed by atoms with van der Waals surface area (Å²) in [6.07, 6.45) is 5.02. The summed E-state index contributed by atoms with van der Waals surface area (Å²) in [5, 5.41) is 0. The standard InChI is InChI=1S/C20H28N2O4/c1-20(2,3)26-19(23)22-13-7-6-9-15(22)10-8-14-24-18-21-16-11-4-5-12-17(16)25-18/h4-5,11-12,15H,6-10,13-14H2,1-3H3/t15-/m0/s1. The molecule has 1 aromatic heterocycles. The van der Waals surface area contributed by atoms with Gasteiger partial charge in [0.05, 0.1) is 6.61 Å². The number of amides is 1. The van der Waals surface area contributed by atoms with Crippen LogP contribution in [0.25, 0.3) is 11.1 Å². The molecule has 1 aliphatic rings. The van der Waals surface area contributed by atoms with E-state index in [4.69, 9.17) is 13.9 Å². The lowest BCUT2D eigenvalue weighted by Crippen LogP contribution is -2.46. The highest BCUT2D eigenvalue weighted by atomic mass is 16.6. The first-order chi connectivity index (χ1) is 12.4. The Hall–Kier alpha value is -2.24. The summed E-state index contributed by atoms with van der Waals surface area (Å²) in [6, 6.07) is 7.81. The van der Waals surface area contributed by atoms with Crippen molar-refractivity contribution >= 4 is 17.2 Å². The fraction of sp³-hybridized carbons (Fsp3) is 0.600. The molecule has 1 amide bonds. The van der Waals surface area contributed by atoms with Gasteiger partial charge in [-0.25, -0.2) is 4.79 Å². The summed E-state index contributed by atoms with van der Waals surface area (Å²) in [5.41, 5.74) is 1.06. The minimum Gasteiger partial charge on any atom is -0.450 e. The van der Waals surface area contributed by atoms with Gasteiger partial charge in [0, 0.05) is 12.6 Å². The van der Waals surface area contributed by atoms with Gasteiger partial charge in [0.25, 0.3) is 0 Å². The van der Waals surface area contributed by atoms with Crippen LogP contribution >= 0.6 is 0 Å². The number of carbonyl (C=O) groups is 1. The molecule has 1 atom stereocenters. The van der Waals surface area contributed by atoms with Gasteiger partial charge in [-0.2, -0.15) is 4.98 Å². The number of para-hydroxylation sites is 2. The van der Waals surface area contributed by atoms with Crippen LogP contribution < -0.4 is 4.74 Å². The molecule has 142 valence electrons. The van der Waals surface area contributed by atoms with E-state index >= 15 is 0 Å². The molecule has 26 heavy (non-hydrogen) atoms. The number of oxazole rings is 1. The van der Waals surface area contributed by atoms with Gasteiger partial charge in [-0.3, -0.25) is 0 Å². The van der Waals surface area contributed by atoms with E-state index in [2.05, 4.69) is 4.98 Å². The van der Waals surface area contributed by atoms with Gasteiger partial charge in [-0.15, -0.1) is 0 Å². The molecule has 0 bridgehead atoms. The largest absolute Gasteiger partial charge is 0.450 e. The number of hydrogen-bond acceptors (Lipinski definition) is 5. The first-order valence-electron chi connectivity index (χ1n) is 9.40. The summed E-state index contributed by atoms with van der Waals surface area (Å²) < 4.78 is 16.7. The number of rotatable bonds is 5. The first kappa shape index (κ1) is 18.5. The highest BCUT2D eigenvalue weighted by Gasteiger charge is 2.30. The van der Waals surface area contributed by atoms with Crippen molar-refractivity contribution in [3.8, 4) is 6.08 Å². The number of carbonyl (C=O) groups excluding carboxylic acids is 1. The Morgan fingerprint density at radius 1 is 1.31 bits per heavy atom. The number of nitrogens with zero attached hydrogens (tertiary/aromatic N) is 2. The van der Waals surface area contributed by atoms with Crippen LogP contribution in [-0.4, -0.2) is 40.8 Å². The number of hydrogen-bond donors (Lipinski definition) is 0. The Balaban J connectivity index is 1.48. The van der Waals surface area contributed by atoms with Gasteiger partial charge in [-0.05, 0) is 65.0 Å². The maximum atomic E-state index is 12.4. The van der Waals surface area contributed by atoms with Crippen molar-refractivity contribution in [2.75, 3.05) is 13.2 Å². The van der Waals surface area contributed by atoms with E-state index in [0.29, 0.717) is 12.7 Å². The first-order valence-corrected chi connectivity index (χ1v) is 9.40. The molecular formula is C20H28N2O4. The summed E-state index contributed by atoms with van der Waals surface area (Å²) in [7, 11) is 0. The zero-order chi connectivity index (χ0) is 18.6. The van der Waals surface area contributed by atoms with Crippen LogP contribution in [0.1, 0.15) is 52.9 Å². The number of benzene rings is 1. The van der Waals surface area contributed by atoms with Crippen LogP contribution in [0.5, 0.6) is 6.08 Å². The van der Waals surface area contributed by atoms with Crippen molar-refractivity contribution in [2.24, 2.45) is 0 Å². The SMILES string of the molecule is CC(C)(C)OC(=O)N1CCCC[C@H]1CCCOc1nc2ccccc2o1. The van der Waals surface area contributed by atoms with Crippen LogP contribution in [0.15, 0.2) is 28.7 Å². The Morgan fingerprint density at radius 3 is 2.88 bits per heavy atom. The van der Waals surface area contributed by atoms with Gasteiger partial charge in [0.15, 0.2) is 5.58 Å². The highest BCUT2D eigenvalue weighted by Crippen LogP contribution is 2.24. The molecule has 2 heterocycles.